The summed E-state index contributed by atoms with van der Waals surface area (Å²) in [4.78, 5) is 35.4. The van der Waals surface area contributed by atoms with Gasteiger partial charge in [-0.3, -0.25) is 9.59 Å². The number of rotatable bonds is 8. The lowest BCUT2D eigenvalue weighted by atomic mass is 9.96. The Morgan fingerprint density at radius 3 is 2.45 bits per heavy atom. The molecule has 0 bridgehead atoms. The van der Waals surface area contributed by atoms with Crippen molar-refractivity contribution in [3.05, 3.63) is 0 Å². The van der Waals surface area contributed by atoms with Gasteiger partial charge >= 0.3 is 12.0 Å². The van der Waals surface area contributed by atoms with Crippen molar-refractivity contribution in [3.8, 4) is 0 Å². The first-order valence-corrected chi connectivity index (χ1v) is 8.06. The van der Waals surface area contributed by atoms with Gasteiger partial charge in [0, 0.05) is 25.6 Å². The van der Waals surface area contributed by atoms with E-state index in [9.17, 15) is 14.4 Å². The van der Waals surface area contributed by atoms with Gasteiger partial charge in [0.1, 0.15) is 6.54 Å². The van der Waals surface area contributed by atoms with Crippen molar-refractivity contribution in [2.75, 3.05) is 19.6 Å². The first kappa shape index (κ1) is 18.3. The summed E-state index contributed by atoms with van der Waals surface area (Å²) in [6.45, 7) is 2.26. The Balaban J connectivity index is 2.13. The molecule has 0 atom stereocenters. The third-order valence-electron chi connectivity index (χ3n) is 3.85. The molecule has 3 N–H and O–H groups in total. The molecule has 7 nitrogen and oxygen atoms in total. The minimum atomic E-state index is -1.01. The summed E-state index contributed by atoms with van der Waals surface area (Å²) in [6.07, 6.45) is 6.38. The van der Waals surface area contributed by atoms with E-state index in [0.29, 0.717) is 19.5 Å². The van der Waals surface area contributed by atoms with Gasteiger partial charge in [0.25, 0.3) is 0 Å². The molecule has 0 aromatic carbocycles. The minimum absolute atomic E-state index is 0.183. The van der Waals surface area contributed by atoms with E-state index in [0.717, 1.165) is 25.7 Å². The summed E-state index contributed by atoms with van der Waals surface area (Å²) >= 11 is 0. The first-order valence-electron chi connectivity index (χ1n) is 8.06. The van der Waals surface area contributed by atoms with Crippen LogP contribution in [0.4, 0.5) is 4.79 Å². The van der Waals surface area contributed by atoms with E-state index in [1.807, 2.05) is 0 Å². The van der Waals surface area contributed by atoms with Crippen LogP contribution >= 0.6 is 0 Å². The van der Waals surface area contributed by atoms with Crippen molar-refractivity contribution in [1.29, 1.82) is 0 Å². The summed E-state index contributed by atoms with van der Waals surface area (Å²) in [6, 6.07) is 0.0822. The fraction of sp³-hybridized carbons (Fsp3) is 0.800. The number of amides is 3. The van der Waals surface area contributed by atoms with Crippen LogP contribution in [0.15, 0.2) is 0 Å². The summed E-state index contributed by atoms with van der Waals surface area (Å²) in [5, 5.41) is 14.4. The third kappa shape index (κ3) is 7.28. The first-order chi connectivity index (χ1) is 10.5. The molecule has 1 aliphatic carbocycles. The largest absolute Gasteiger partial charge is 0.480 e. The van der Waals surface area contributed by atoms with Gasteiger partial charge in [-0.1, -0.05) is 19.3 Å². The van der Waals surface area contributed by atoms with E-state index in [1.165, 1.54) is 11.3 Å². The molecule has 1 rings (SSSR count). The Hall–Kier alpha value is -1.79. The summed E-state index contributed by atoms with van der Waals surface area (Å²) in [5.74, 6) is -1.21. The number of carbonyl (C=O) groups excluding carboxylic acids is 2. The molecule has 0 unspecified atom stereocenters. The Bertz CT molecular complexity index is 381. The number of hydrogen-bond donors (Lipinski definition) is 3. The average Bonchev–Trinajstić information content (AvgIpc) is 2.49. The quantitative estimate of drug-likeness (QED) is 0.589. The lowest BCUT2D eigenvalue weighted by Crippen LogP contribution is -2.43. The van der Waals surface area contributed by atoms with Gasteiger partial charge in [-0.05, 0) is 26.2 Å². The van der Waals surface area contributed by atoms with Crippen molar-refractivity contribution < 1.29 is 19.5 Å². The zero-order chi connectivity index (χ0) is 16.4. The highest BCUT2D eigenvalue weighted by Gasteiger charge is 2.16. The highest BCUT2D eigenvalue weighted by Crippen LogP contribution is 2.17. The van der Waals surface area contributed by atoms with E-state index in [2.05, 4.69) is 10.6 Å². The maximum Gasteiger partial charge on any atom is 0.323 e. The molecule has 1 fully saturated rings. The van der Waals surface area contributed by atoms with Crippen LogP contribution in [0.1, 0.15) is 51.9 Å². The highest BCUT2D eigenvalue weighted by atomic mass is 16.4. The fourth-order valence-electron chi connectivity index (χ4n) is 2.62. The van der Waals surface area contributed by atoms with Gasteiger partial charge in [0.15, 0.2) is 0 Å². The number of carboxylic acid groups (broad SMARTS) is 1. The maximum absolute atomic E-state index is 11.8. The van der Waals surface area contributed by atoms with E-state index >= 15 is 0 Å². The molecular weight excluding hydrogens is 286 g/mol. The molecule has 0 heterocycles. The molecule has 1 aliphatic rings. The number of carboxylic acids is 1. The Morgan fingerprint density at radius 2 is 1.86 bits per heavy atom. The molecule has 126 valence electrons. The van der Waals surface area contributed by atoms with Crippen molar-refractivity contribution in [2.45, 2.75) is 57.9 Å². The molecule has 22 heavy (non-hydrogen) atoms. The van der Waals surface area contributed by atoms with Gasteiger partial charge in [-0.25, -0.2) is 4.79 Å². The molecule has 0 saturated heterocycles. The van der Waals surface area contributed by atoms with E-state index in [-0.39, 0.29) is 30.9 Å². The summed E-state index contributed by atoms with van der Waals surface area (Å²) in [5.41, 5.74) is 0. The lowest BCUT2D eigenvalue weighted by molar-refractivity contribution is -0.144. The topological polar surface area (TPSA) is 98.7 Å². The van der Waals surface area contributed by atoms with Crippen LogP contribution in [-0.2, 0) is 9.59 Å². The summed E-state index contributed by atoms with van der Waals surface area (Å²) < 4.78 is 0. The Morgan fingerprint density at radius 1 is 1.18 bits per heavy atom. The normalized spacial score (nSPS) is 15.1. The Kier molecular flexibility index (Phi) is 8.32. The van der Waals surface area contributed by atoms with Crippen LogP contribution in [0, 0.1) is 0 Å². The molecule has 0 aromatic heterocycles. The molecule has 0 aromatic rings. The third-order valence-corrected chi connectivity index (χ3v) is 3.85. The second-order valence-corrected chi connectivity index (χ2v) is 5.64. The number of nitrogens with one attached hydrogen (secondary N) is 2. The zero-order valence-electron chi connectivity index (χ0n) is 13.3. The number of urea groups is 1. The van der Waals surface area contributed by atoms with E-state index in [1.54, 1.807) is 6.92 Å². The smallest absolute Gasteiger partial charge is 0.323 e. The Labute approximate surface area is 131 Å². The molecule has 1 saturated carbocycles. The van der Waals surface area contributed by atoms with Crippen LogP contribution < -0.4 is 10.6 Å². The maximum atomic E-state index is 11.8. The predicted molar refractivity (Wildman–Crippen MR) is 82.5 cm³/mol. The van der Waals surface area contributed by atoms with Crippen LogP contribution in [0.3, 0.4) is 0 Å². The van der Waals surface area contributed by atoms with Gasteiger partial charge in [0.05, 0.1) is 0 Å². The standard InChI is InChI=1S/C15H27N3O4/c1-2-18(11-14(20)21)13(19)9-6-10-16-15(22)17-12-7-4-3-5-8-12/h12H,2-11H2,1H3,(H,20,21)(H2,16,17,22). The molecule has 0 aliphatic heterocycles. The minimum Gasteiger partial charge on any atom is -0.480 e. The van der Waals surface area contributed by atoms with Crippen molar-refractivity contribution in [1.82, 2.24) is 15.5 Å². The van der Waals surface area contributed by atoms with E-state index in [4.69, 9.17) is 5.11 Å². The second-order valence-electron chi connectivity index (χ2n) is 5.64. The van der Waals surface area contributed by atoms with Crippen LogP contribution in [0.2, 0.25) is 0 Å². The summed E-state index contributed by atoms with van der Waals surface area (Å²) in [7, 11) is 0. The lowest BCUT2D eigenvalue weighted by Gasteiger charge is -2.23. The van der Waals surface area contributed by atoms with Gasteiger partial charge in [-0.2, -0.15) is 0 Å². The van der Waals surface area contributed by atoms with Gasteiger partial charge < -0.3 is 20.6 Å². The van der Waals surface area contributed by atoms with Crippen molar-refractivity contribution >= 4 is 17.9 Å². The van der Waals surface area contributed by atoms with Gasteiger partial charge in [-0.15, -0.1) is 0 Å². The predicted octanol–water partition coefficient (Wildman–Crippen LogP) is 1.33. The molecule has 0 spiro atoms. The number of hydrogen-bond acceptors (Lipinski definition) is 3. The van der Waals surface area contributed by atoms with Crippen LogP contribution in [-0.4, -0.2) is 53.6 Å². The van der Waals surface area contributed by atoms with Crippen LogP contribution in [0.25, 0.3) is 0 Å². The molecule has 0 radical (unpaired) electrons. The molecule has 7 heteroatoms. The molecular formula is C15H27N3O4. The van der Waals surface area contributed by atoms with Crippen molar-refractivity contribution in [3.63, 3.8) is 0 Å². The number of likely N-dealkylation sites (N-methyl/N-ethyl adjacent to an activating group) is 1. The average molecular weight is 313 g/mol. The zero-order valence-corrected chi connectivity index (χ0v) is 13.3. The molecule has 3 amide bonds. The van der Waals surface area contributed by atoms with Gasteiger partial charge in [0.2, 0.25) is 5.91 Å². The number of nitrogens with zero attached hydrogens (tertiary/aromatic N) is 1. The highest BCUT2D eigenvalue weighted by molar-refractivity contribution is 5.81. The monoisotopic (exact) mass is 313 g/mol. The fourth-order valence-corrected chi connectivity index (χ4v) is 2.62. The van der Waals surface area contributed by atoms with Crippen molar-refractivity contribution in [2.24, 2.45) is 0 Å². The SMILES string of the molecule is CCN(CC(=O)O)C(=O)CCCNC(=O)NC1CCCCC1. The van der Waals surface area contributed by atoms with Crippen LogP contribution in [0.5, 0.6) is 0 Å². The number of aliphatic carboxylic acids is 1. The van der Waals surface area contributed by atoms with E-state index < -0.39 is 5.97 Å². The number of carbonyl (C=O) groups is 3. The second kappa shape index (κ2) is 10.0.